The van der Waals surface area contributed by atoms with Crippen LogP contribution in [0.25, 0.3) is 0 Å². The van der Waals surface area contributed by atoms with E-state index in [0.29, 0.717) is 62.3 Å². The number of aliphatic hydroxyl groups is 1. The molecule has 148 valence electrons. The van der Waals surface area contributed by atoms with Crippen molar-refractivity contribution in [3.05, 3.63) is 22.7 Å². The average molecular weight is 396 g/mol. The van der Waals surface area contributed by atoms with Crippen LogP contribution in [0, 0.1) is 0 Å². The van der Waals surface area contributed by atoms with E-state index in [0.717, 1.165) is 18.4 Å². The van der Waals surface area contributed by atoms with Crippen LogP contribution in [0.5, 0.6) is 11.5 Å². The summed E-state index contributed by atoms with van der Waals surface area (Å²) in [5, 5.41) is 10.9. The van der Waals surface area contributed by atoms with Gasteiger partial charge in [-0.2, -0.15) is 0 Å². The lowest BCUT2D eigenvalue weighted by Gasteiger charge is -2.48. The SMILES string of the molecule is CC1(O)CCOC2(CCN(C(=O)Cc3cc4c(cc3Cl)OCCO4)CC2)C1. The van der Waals surface area contributed by atoms with Crippen molar-refractivity contribution in [2.75, 3.05) is 32.9 Å². The molecule has 1 amide bonds. The smallest absolute Gasteiger partial charge is 0.227 e. The number of hydrogen-bond donors (Lipinski definition) is 1. The summed E-state index contributed by atoms with van der Waals surface area (Å²) in [6.45, 7) is 4.73. The fourth-order valence-corrected chi connectivity index (χ4v) is 4.54. The number of fused-ring (bicyclic) bond motifs is 1. The third-order valence-corrected chi connectivity index (χ3v) is 6.18. The van der Waals surface area contributed by atoms with Gasteiger partial charge >= 0.3 is 0 Å². The molecule has 1 aromatic rings. The predicted octanol–water partition coefficient (Wildman–Crippen LogP) is 2.58. The first-order valence-electron chi connectivity index (χ1n) is 9.58. The third kappa shape index (κ3) is 4.03. The van der Waals surface area contributed by atoms with Crippen LogP contribution in [-0.2, 0) is 16.0 Å². The number of ether oxygens (including phenoxy) is 3. The van der Waals surface area contributed by atoms with Gasteiger partial charge in [-0.25, -0.2) is 0 Å². The van der Waals surface area contributed by atoms with Crippen LogP contribution in [0.15, 0.2) is 12.1 Å². The van der Waals surface area contributed by atoms with E-state index >= 15 is 0 Å². The first-order valence-corrected chi connectivity index (χ1v) is 9.96. The van der Waals surface area contributed by atoms with Gasteiger partial charge in [-0.15, -0.1) is 0 Å². The van der Waals surface area contributed by atoms with Crippen molar-refractivity contribution in [1.82, 2.24) is 4.90 Å². The molecule has 7 heteroatoms. The molecule has 1 atom stereocenters. The van der Waals surface area contributed by atoms with Crippen LogP contribution < -0.4 is 9.47 Å². The maximum absolute atomic E-state index is 12.8. The first-order chi connectivity index (χ1) is 12.9. The molecule has 3 aliphatic rings. The Morgan fingerprint density at radius 1 is 1.15 bits per heavy atom. The predicted molar refractivity (Wildman–Crippen MR) is 101 cm³/mol. The van der Waals surface area contributed by atoms with Gasteiger partial charge in [0.15, 0.2) is 11.5 Å². The van der Waals surface area contributed by atoms with E-state index in [1.807, 2.05) is 17.9 Å². The molecule has 0 radical (unpaired) electrons. The minimum Gasteiger partial charge on any atom is -0.486 e. The summed E-state index contributed by atoms with van der Waals surface area (Å²) >= 11 is 6.34. The molecule has 2 saturated heterocycles. The minimum atomic E-state index is -0.677. The molecule has 1 N–H and O–H groups in total. The molecule has 4 rings (SSSR count). The number of rotatable bonds is 2. The van der Waals surface area contributed by atoms with Gasteiger partial charge in [0.1, 0.15) is 13.2 Å². The van der Waals surface area contributed by atoms with Crippen LogP contribution in [-0.4, -0.2) is 60.0 Å². The Hall–Kier alpha value is -1.50. The Bertz CT molecular complexity index is 727. The second kappa shape index (κ2) is 7.15. The zero-order chi connectivity index (χ0) is 19.1. The van der Waals surface area contributed by atoms with E-state index in [-0.39, 0.29) is 17.9 Å². The number of carbonyl (C=O) groups excluding carboxylic acids is 1. The van der Waals surface area contributed by atoms with E-state index < -0.39 is 5.60 Å². The standard InChI is InChI=1S/C20H26ClNO5/c1-19(24)4-7-27-20(13-19)2-5-22(6-3-20)18(23)11-14-10-16-17(12-15(14)21)26-9-8-25-16/h10,12,24H,2-9,11,13H2,1H3. The number of likely N-dealkylation sites (tertiary alicyclic amines) is 1. The molecule has 0 aromatic heterocycles. The lowest BCUT2D eigenvalue weighted by atomic mass is 9.78. The second-order valence-corrected chi connectivity index (χ2v) is 8.51. The second-order valence-electron chi connectivity index (χ2n) is 8.10. The molecule has 2 fully saturated rings. The van der Waals surface area contributed by atoms with E-state index in [2.05, 4.69) is 0 Å². The molecule has 27 heavy (non-hydrogen) atoms. The Labute approximate surface area is 164 Å². The van der Waals surface area contributed by atoms with Crippen molar-refractivity contribution >= 4 is 17.5 Å². The molecule has 0 aliphatic carbocycles. The molecule has 0 saturated carbocycles. The summed E-state index contributed by atoms with van der Waals surface area (Å²) in [7, 11) is 0. The minimum absolute atomic E-state index is 0.0472. The summed E-state index contributed by atoms with van der Waals surface area (Å²) in [6, 6.07) is 3.53. The quantitative estimate of drug-likeness (QED) is 0.833. The first kappa shape index (κ1) is 18.8. The molecule has 3 heterocycles. The Morgan fingerprint density at radius 2 is 1.81 bits per heavy atom. The van der Waals surface area contributed by atoms with Gasteiger partial charge < -0.3 is 24.2 Å². The van der Waals surface area contributed by atoms with Gasteiger partial charge in [-0.3, -0.25) is 4.79 Å². The van der Waals surface area contributed by atoms with E-state index in [1.165, 1.54) is 0 Å². The number of piperidine rings is 1. The van der Waals surface area contributed by atoms with Gasteiger partial charge in [0.25, 0.3) is 0 Å². The van der Waals surface area contributed by atoms with Crippen molar-refractivity contribution < 1.29 is 24.1 Å². The monoisotopic (exact) mass is 395 g/mol. The molecule has 3 aliphatic heterocycles. The van der Waals surface area contributed by atoms with Crippen LogP contribution in [0.3, 0.4) is 0 Å². The Kier molecular flexibility index (Phi) is 4.99. The van der Waals surface area contributed by atoms with Crippen molar-refractivity contribution in [1.29, 1.82) is 0 Å². The molecule has 0 bridgehead atoms. The third-order valence-electron chi connectivity index (χ3n) is 5.83. The van der Waals surface area contributed by atoms with Crippen molar-refractivity contribution in [2.45, 2.75) is 50.2 Å². The highest BCUT2D eigenvalue weighted by molar-refractivity contribution is 6.31. The summed E-state index contributed by atoms with van der Waals surface area (Å²) in [4.78, 5) is 14.7. The van der Waals surface area contributed by atoms with Gasteiger partial charge in [0, 0.05) is 30.6 Å². The normalized spacial score (nSPS) is 26.9. The van der Waals surface area contributed by atoms with Gasteiger partial charge in [0.05, 0.1) is 24.2 Å². The summed E-state index contributed by atoms with van der Waals surface area (Å²) in [5.41, 5.74) is -0.223. The summed E-state index contributed by atoms with van der Waals surface area (Å²) in [5.74, 6) is 1.32. The fraction of sp³-hybridized carbons (Fsp3) is 0.650. The molecule has 1 aromatic carbocycles. The van der Waals surface area contributed by atoms with Crippen molar-refractivity contribution in [3.8, 4) is 11.5 Å². The summed E-state index contributed by atoms with van der Waals surface area (Å²) in [6.07, 6.45) is 3.05. The Morgan fingerprint density at radius 3 is 2.48 bits per heavy atom. The molecular formula is C20H26ClNO5. The number of hydrogen-bond acceptors (Lipinski definition) is 5. The average Bonchev–Trinajstić information content (AvgIpc) is 2.62. The maximum atomic E-state index is 12.8. The van der Waals surface area contributed by atoms with E-state index in [4.69, 9.17) is 25.8 Å². The molecule has 1 spiro atoms. The van der Waals surface area contributed by atoms with Crippen LogP contribution >= 0.6 is 11.6 Å². The van der Waals surface area contributed by atoms with Crippen molar-refractivity contribution in [3.63, 3.8) is 0 Å². The van der Waals surface area contributed by atoms with Crippen LogP contribution in [0.2, 0.25) is 5.02 Å². The van der Waals surface area contributed by atoms with Crippen LogP contribution in [0.1, 0.15) is 38.2 Å². The lowest BCUT2D eigenvalue weighted by Crippen LogP contribution is -2.54. The maximum Gasteiger partial charge on any atom is 0.227 e. The number of nitrogens with zero attached hydrogens (tertiary/aromatic N) is 1. The lowest BCUT2D eigenvalue weighted by molar-refractivity contribution is -0.175. The molecule has 6 nitrogen and oxygen atoms in total. The number of benzene rings is 1. The zero-order valence-electron chi connectivity index (χ0n) is 15.6. The van der Waals surface area contributed by atoms with Crippen molar-refractivity contribution in [2.24, 2.45) is 0 Å². The summed E-state index contributed by atoms with van der Waals surface area (Å²) < 4.78 is 17.1. The van der Waals surface area contributed by atoms with Gasteiger partial charge in [0.2, 0.25) is 5.91 Å². The van der Waals surface area contributed by atoms with Crippen LogP contribution in [0.4, 0.5) is 0 Å². The van der Waals surface area contributed by atoms with Gasteiger partial charge in [-0.1, -0.05) is 11.6 Å². The fourth-order valence-electron chi connectivity index (χ4n) is 4.32. The highest BCUT2D eigenvalue weighted by Crippen LogP contribution is 2.40. The topological polar surface area (TPSA) is 68.2 Å². The van der Waals surface area contributed by atoms with E-state index in [1.54, 1.807) is 6.07 Å². The Balaban J connectivity index is 1.39. The number of carbonyl (C=O) groups is 1. The van der Waals surface area contributed by atoms with E-state index in [9.17, 15) is 9.90 Å². The highest BCUT2D eigenvalue weighted by Gasteiger charge is 2.44. The molecular weight excluding hydrogens is 370 g/mol. The highest BCUT2D eigenvalue weighted by atomic mass is 35.5. The van der Waals surface area contributed by atoms with Gasteiger partial charge in [-0.05, 0) is 37.8 Å². The zero-order valence-corrected chi connectivity index (χ0v) is 16.4. The largest absolute Gasteiger partial charge is 0.486 e. The number of amides is 1. The number of halogens is 1. The molecule has 1 unspecified atom stereocenters.